The standard InChI is InChI=1S/C13H16F4N2O/c14-11-8-10(20-9-13(15,16)17)2-3-12(11)19-6-1-4-18-5-7-19/h2-3,8,18H,1,4-7,9H2. The van der Waals surface area contributed by atoms with Crippen LogP contribution in [0.4, 0.5) is 23.2 Å². The minimum atomic E-state index is -4.42. The van der Waals surface area contributed by atoms with Gasteiger partial charge in [-0.05, 0) is 25.1 Å². The lowest BCUT2D eigenvalue weighted by Gasteiger charge is -2.23. The van der Waals surface area contributed by atoms with Crippen molar-refractivity contribution in [1.82, 2.24) is 5.32 Å². The zero-order valence-electron chi connectivity index (χ0n) is 10.8. The van der Waals surface area contributed by atoms with E-state index in [1.54, 1.807) is 0 Å². The lowest BCUT2D eigenvalue weighted by atomic mass is 10.2. The molecule has 3 nitrogen and oxygen atoms in total. The van der Waals surface area contributed by atoms with Crippen LogP contribution in [-0.4, -0.2) is 39.0 Å². The number of ether oxygens (including phenoxy) is 1. The highest BCUT2D eigenvalue weighted by Crippen LogP contribution is 2.26. The number of rotatable bonds is 3. The molecule has 20 heavy (non-hydrogen) atoms. The van der Waals surface area contributed by atoms with Gasteiger partial charge in [-0.3, -0.25) is 0 Å². The molecule has 1 aromatic carbocycles. The highest BCUT2D eigenvalue weighted by Gasteiger charge is 2.28. The highest BCUT2D eigenvalue weighted by molar-refractivity contribution is 5.50. The van der Waals surface area contributed by atoms with Gasteiger partial charge in [0.25, 0.3) is 0 Å². The molecule has 0 aromatic heterocycles. The van der Waals surface area contributed by atoms with Crippen molar-refractivity contribution < 1.29 is 22.3 Å². The fraction of sp³-hybridized carbons (Fsp3) is 0.538. The molecule has 0 amide bonds. The van der Waals surface area contributed by atoms with E-state index in [1.807, 2.05) is 4.90 Å². The van der Waals surface area contributed by atoms with Gasteiger partial charge in [-0.1, -0.05) is 0 Å². The Hall–Kier alpha value is -1.50. The zero-order valence-corrected chi connectivity index (χ0v) is 10.8. The van der Waals surface area contributed by atoms with E-state index in [1.165, 1.54) is 12.1 Å². The van der Waals surface area contributed by atoms with Crippen molar-refractivity contribution >= 4 is 5.69 Å². The number of alkyl halides is 3. The van der Waals surface area contributed by atoms with Gasteiger partial charge in [0, 0.05) is 25.7 Å². The molecule has 112 valence electrons. The zero-order chi connectivity index (χ0) is 14.6. The Morgan fingerprint density at radius 2 is 2.00 bits per heavy atom. The molecule has 1 aromatic rings. The number of nitrogens with zero attached hydrogens (tertiary/aromatic N) is 1. The first-order valence-corrected chi connectivity index (χ1v) is 6.40. The summed E-state index contributed by atoms with van der Waals surface area (Å²) in [7, 11) is 0. The summed E-state index contributed by atoms with van der Waals surface area (Å²) < 4.78 is 54.6. The van der Waals surface area contributed by atoms with Gasteiger partial charge in [-0.2, -0.15) is 13.2 Å². The molecule has 1 N–H and O–H groups in total. The molecule has 0 unspecified atom stereocenters. The van der Waals surface area contributed by atoms with E-state index in [9.17, 15) is 17.6 Å². The van der Waals surface area contributed by atoms with E-state index in [2.05, 4.69) is 10.1 Å². The summed E-state index contributed by atoms with van der Waals surface area (Å²) in [5.41, 5.74) is 0.396. The minimum Gasteiger partial charge on any atom is -0.484 e. The van der Waals surface area contributed by atoms with Crippen LogP contribution in [0, 0.1) is 5.82 Å². The van der Waals surface area contributed by atoms with Gasteiger partial charge >= 0.3 is 6.18 Å². The van der Waals surface area contributed by atoms with Crippen LogP contribution in [0.2, 0.25) is 0 Å². The number of nitrogens with one attached hydrogen (secondary N) is 1. The molecule has 0 bridgehead atoms. The van der Waals surface area contributed by atoms with Gasteiger partial charge in [-0.15, -0.1) is 0 Å². The second-order valence-electron chi connectivity index (χ2n) is 4.61. The molecule has 0 saturated carbocycles. The van der Waals surface area contributed by atoms with Crippen molar-refractivity contribution in [3.63, 3.8) is 0 Å². The minimum absolute atomic E-state index is 0.114. The molecule has 1 saturated heterocycles. The Labute approximate surface area is 114 Å². The third-order valence-corrected chi connectivity index (χ3v) is 3.00. The molecule has 0 atom stereocenters. The van der Waals surface area contributed by atoms with Gasteiger partial charge in [-0.25, -0.2) is 4.39 Å². The summed E-state index contributed by atoms with van der Waals surface area (Å²) in [5, 5.41) is 3.20. The van der Waals surface area contributed by atoms with Crippen LogP contribution < -0.4 is 15.0 Å². The Morgan fingerprint density at radius 1 is 1.20 bits per heavy atom. The van der Waals surface area contributed by atoms with E-state index in [0.717, 1.165) is 25.6 Å². The number of hydrogen-bond donors (Lipinski definition) is 1. The van der Waals surface area contributed by atoms with E-state index >= 15 is 0 Å². The van der Waals surface area contributed by atoms with E-state index in [4.69, 9.17) is 0 Å². The Bertz CT molecular complexity index is 442. The molecule has 2 rings (SSSR count). The summed E-state index contributed by atoms with van der Waals surface area (Å²) in [4.78, 5) is 1.88. The van der Waals surface area contributed by atoms with Crippen LogP contribution in [0.25, 0.3) is 0 Å². The molecular weight excluding hydrogens is 276 g/mol. The van der Waals surface area contributed by atoms with Crippen LogP contribution in [-0.2, 0) is 0 Å². The summed E-state index contributed by atoms with van der Waals surface area (Å²) in [6, 6.07) is 3.83. The van der Waals surface area contributed by atoms with Gasteiger partial charge in [0.1, 0.15) is 11.6 Å². The van der Waals surface area contributed by atoms with Crippen molar-refractivity contribution in [1.29, 1.82) is 0 Å². The van der Waals surface area contributed by atoms with Gasteiger partial charge < -0.3 is 15.0 Å². The second kappa shape index (κ2) is 6.30. The number of halogens is 4. The normalized spacial score (nSPS) is 16.9. The molecule has 1 aliphatic heterocycles. The quantitative estimate of drug-likeness (QED) is 0.867. The third kappa shape index (κ3) is 4.26. The van der Waals surface area contributed by atoms with E-state index in [0.29, 0.717) is 18.8 Å². The lowest BCUT2D eigenvalue weighted by molar-refractivity contribution is -0.153. The molecule has 7 heteroatoms. The van der Waals surface area contributed by atoms with E-state index < -0.39 is 18.6 Å². The third-order valence-electron chi connectivity index (χ3n) is 3.00. The van der Waals surface area contributed by atoms with Crippen LogP contribution in [0.3, 0.4) is 0 Å². The maximum Gasteiger partial charge on any atom is 0.422 e. The van der Waals surface area contributed by atoms with Crippen molar-refractivity contribution in [2.75, 3.05) is 37.7 Å². The van der Waals surface area contributed by atoms with Crippen molar-refractivity contribution in [3.05, 3.63) is 24.0 Å². The highest BCUT2D eigenvalue weighted by atomic mass is 19.4. The fourth-order valence-electron chi connectivity index (χ4n) is 2.09. The first-order valence-electron chi connectivity index (χ1n) is 6.40. The van der Waals surface area contributed by atoms with Crippen LogP contribution in [0.1, 0.15) is 6.42 Å². The van der Waals surface area contributed by atoms with Gasteiger partial charge in [0.2, 0.25) is 0 Å². The Kier molecular flexibility index (Phi) is 4.69. The lowest BCUT2D eigenvalue weighted by Crippen LogP contribution is -2.28. The first-order chi connectivity index (χ1) is 9.46. The fourth-order valence-corrected chi connectivity index (χ4v) is 2.09. The largest absolute Gasteiger partial charge is 0.484 e. The van der Waals surface area contributed by atoms with Crippen molar-refractivity contribution in [3.8, 4) is 5.75 Å². The number of anilines is 1. The molecule has 1 heterocycles. The van der Waals surface area contributed by atoms with Crippen LogP contribution >= 0.6 is 0 Å². The van der Waals surface area contributed by atoms with Crippen molar-refractivity contribution in [2.45, 2.75) is 12.6 Å². The predicted molar refractivity (Wildman–Crippen MR) is 67.6 cm³/mol. The average molecular weight is 292 g/mol. The topological polar surface area (TPSA) is 24.5 Å². The molecule has 1 aliphatic rings. The van der Waals surface area contributed by atoms with Crippen LogP contribution in [0.5, 0.6) is 5.75 Å². The Balaban J connectivity index is 2.05. The summed E-state index contributed by atoms with van der Waals surface area (Å²) in [5.74, 6) is -0.678. The SMILES string of the molecule is Fc1cc(OCC(F)(F)F)ccc1N1CCCNCC1. The van der Waals surface area contributed by atoms with Gasteiger partial charge in [0.05, 0.1) is 5.69 Å². The van der Waals surface area contributed by atoms with E-state index in [-0.39, 0.29) is 5.75 Å². The molecular formula is C13H16F4N2O. The predicted octanol–water partition coefficient (Wildman–Crippen LogP) is 2.57. The maximum absolute atomic E-state index is 14.0. The second-order valence-corrected chi connectivity index (χ2v) is 4.61. The van der Waals surface area contributed by atoms with Crippen molar-refractivity contribution in [2.24, 2.45) is 0 Å². The van der Waals surface area contributed by atoms with Gasteiger partial charge in [0.15, 0.2) is 6.61 Å². The summed E-state index contributed by atoms with van der Waals surface area (Å²) >= 11 is 0. The maximum atomic E-state index is 14.0. The average Bonchev–Trinajstić information content (AvgIpc) is 2.64. The summed E-state index contributed by atoms with van der Waals surface area (Å²) in [6.07, 6.45) is -3.53. The molecule has 1 fully saturated rings. The smallest absolute Gasteiger partial charge is 0.422 e. The first kappa shape index (κ1) is 14.9. The number of benzene rings is 1. The molecule has 0 radical (unpaired) electrons. The summed E-state index contributed by atoms with van der Waals surface area (Å²) in [6.45, 7) is 1.60. The number of hydrogen-bond acceptors (Lipinski definition) is 3. The monoisotopic (exact) mass is 292 g/mol. The Morgan fingerprint density at radius 3 is 2.70 bits per heavy atom. The van der Waals surface area contributed by atoms with Crippen LogP contribution in [0.15, 0.2) is 18.2 Å². The molecule has 0 spiro atoms. The molecule has 0 aliphatic carbocycles.